The highest BCUT2D eigenvalue weighted by Gasteiger charge is 2.31. The van der Waals surface area contributed by atoms with Crippen LogP contribution in [-0.2, 0) is 0 Å². The maximum atomic E-state index is 12.7. The molecule has 2 heterocycles. The van der Waals surface area contributed by atoms with Crippen molar-refractivity contribution in [3.8, 4) is 11.3 Å². The fourth-order valence-electron chi connectivity index (χ4n) is 2.75. The van der Waals surface area contributed by atoms with E-state index in [1.54, 1.807) is 0 Å². The molecule has 0 bridgehead atoms. The molecule has 3 rings (SSSR count). The number of nitrogens with one attached hydrogen (secondary N) is 1. The van der Waals surface area contributed by atoms with Crippen LogP contribution in [0.2, 0.25) is 0 Å². The lowest BCUT2D eigenvalue weighted by molar-refractivity contribution is 0.0734. The summed E-state index contributed by atoms with van der Waals surface area (Å²) in [5, 5.41) is 7.14. The second kappa shape index (κ2) is 5.99. The van der Waals surface area contributed by atoms with E-state index in [1.807, 2.05) is 35.2 Å². The van der Waals surface area contributed by atoms with Crippen molar-refractivity contribution in [3.05, 3.63) is 40.5 Å². The van der Waals surface area contributed by atoms with Crippen LogP contribution in [0.5, 0.6) is 0 Å². The lowest BCUT2D eigenvalue weighted by Gasteiger charge is -2.22. The van der Waals surface area contributed by atoms with E-state index in [4.69, 9.17) is 5.73 Å². The van der Waals surface area contributed by atoms with Gasteiger partial charge in [-0.05, 0) is 28.8 Å². The lowest BCUT2D eigenvalue weighted by Crippen LogP contribution is -2.40. The van der Waals surface area contributed by atoms with Gasteiger partial charge >= 0.3 is 0 Å². The molecule has 3 N–H and O–H groups in total. The lowest BCUT2D eigenvalue weighted by atomic mass is 10.1. The van der Waals surface area contributed by atoms with Crippen LogP contribution in [0.4, 0.5) is 0 Å². The van der Waals surface area contributed by atoms with E-state index in [1.165, 1.54) is 0 Å². The summed E-state index contributed by atoms with van der Waals surface area (Å²) in [7, 11) is 0. The molecule has 2 aromatic rings. The highest BCUT2D eigenvalue weighted by molar-refractivity contribution is 9.10. The summed E-state index contributed by atoms with van der Waals surface area (Å²) in [6.45, 7) is 1.26. The number of nitrogens with zero attached hydrogens (tertiary/aromatic N) is 2. The number of H-pyrrole nitrogens is 1. The fourth-order valence-corrected chi connectivity index (χ4v) is 3.32. The fraction of sp³-hybridized carbons (Fsp3) is 0.333. The minimum Gasteiger partial charge on any atom is -0.333 e. The summed E-state index contributed by atoms with van der Waals surface area (Å²) in [5.74, 6) is -0.0375. The SMILES string of the molecule is NC[C@@H]1CCCN1C(=O)c1[nH]nc(-c2ccccc2)c1Br. The van der Waals surface area contributed by atoms with E-state index in [-0.39, 0.29) is 11.9 Å². The third-order valence-electron chi connectivity index (χ3n) is 3.88. The molecule has 1 atom stereocenters. The van der Waals surface area contributed by atoms with Gasteiger partial charge < -0.3 is 10.6 Å². The number of rotatable bonds is 3. The van der Waals surface area contributed by atoms with E-state index in [2.05, 4.69) is 26.1 Å². The van der Waals surface area contributed by atoms with Gasteiger partial charge in [-0.25, -0.2) is 0 Å². The molecule has 5 nitrogen and oxygen atoms in total. The molecule has 1 amide bonds. The average molecular weight is 349 g/mol. The molecule has 1 fully saturated rings. The summed E-state index contributed by atoms with van der Waals surface area (Å²) >= 11 is 3.51. The van der Waals surface area contributed by atoms with Gasteiger partial charge in [0.15, 0.2) is 0 Å². The van der Waals surface area contributed by atoms with Crippen LogP contribution in [-0.4, -0.2) is 40.1 Å². The van der Waals surface area contributed by atoms with Gasteiger partial charge in [0, 0.05) is 24.7 Å². The predicted octanol–water partition coefficient (Wildman–Crippen LogP) is 2.40. The maximum Gasteiger partial charge on any atom is 0.273 e. The number of likely N-dealkylation sites (tertiary alicyclic amines) is 1. The number of carbonyl (C=O) groups is 1. The number of nitrogens with two attached hydrogens (primary N) is 1. The van der Waals surface area contributed by atoms with Crippen molar-refractivity contribution in [3.63, 3.8) is 0 Å². The van der Waals surface area contributed by atoms with Crippen molar-refractivity contribution in [2.45, 2.75) is 18.9 Å². The second-order valence-electron chi connectivity index (χ2n) is 5.16. The summed E-state index contributed by atoms with van der Waals surface area (Å²) in [6, 6.07) is 9.91. The Morgan fingerprint density at radius 2 is 2.19 bits per heavy atom. The van der Waals surface area contributed by atoms with Gasteiger partial charge in [0.2, 0.25) is 0 Å². The number of aromatic nitrogens is 2. The Kier molecular flexibility index (Phi) is 4.07. The highest BCUT2D eigenvalue weighted by Crippen LogP contribution is 2.30. The van der Waals surface area contributed by atoms with Crippen molar-refractivity contribution in [1.29, 1.82) is 0 Å². The third kappa shape index (κ3) is 2.61. The predicted molar refractivity (Wildman–Crippen MR) is 84.8 cm³/mol. The number of aromatic amines is 1. The van der Waals surface area contributed by atoms with Crippen molar-refractivity contribution < 1.29 is 4.79 Å². The van der Waals surface area contributed by atoms with E-state index < -0.39 is 0 Å². The standard InChI is InChI=1S/C15H17BrN4O/c16-12-13(10-5-2-1-3-6-10)18-19-14(12)15(21)20-8-4-7-11(20)9-17/h1-3,5-6,11H,4,7-9,17H2,(H,18,19)/t11-/m0/s1. The van der Waals surface area contributed by atoms with Gasteiger partial charge in [-0.1, -0.05) is 30.3 Å². The Hall–Kier alpha value is -1.66. The van der Waals surface area contributed by atoms with E-state index in [0.29, 0.717) is 16.7 Å². The number of hydrogen-bond donors (Lipinski definition) is 2. The van der Waals surface area contributed by atoms with Crippen LogP contribution in [0, 0.1) is 0 Å². The van der Waals surface area contributed by atoms with Gasteiger partial charge in [0.1, 0.15) is 11.4 Å². The second-order valence-corrected chi connectivity index (χ2v) is 5.95. The molecule has 0 spiro atoms. The van der Waals surface area contributed by atoms with Gasteiger partial charge in [0.05, 0.1) is 4.47 Å². The minimum absolute atomic E-state index is 0.0375. The summed E-state index contributed by atoms with van der Waals surface area (Å²) in [5.41, 5.74) is 7.96. The van der Waals surface area contributed by atoms with E-state index in [9.17, 15) is 4.79 Å². The molecular formula is C15H17BrN4O. The summed E-state index contributed by atoms with van der Waals surface area (Å²) in [6.07, 6.45) is 1.98. The van der Waals surface area contributed by atoms with Gasteiger partial charge in [-0.2, -0.15) is 5.10 Å². The quantitative estimate of drug-likeness (QED) is 0.894. The molecule has 1 aliphatic rings. The molecule has 0 saturated carbocycles. The van der Waals surface area contributed by atoms with E-state index >= 15 is 0 Å². The summed E-state index contributed by atoms with van der Waals surface area (Å²) in [4.78, 5) is 14.5. The molecule has 1 aliphatic heterocycles. The zero-order valence-electron chi connectivity index (χ0n) is 11.6. The first kappa shape index (κ1) is 14.3. The third-order valence-corrected chi connectivity index (χ3v) is 4.65. The van der Waals surface area contributed by atoms with Crippen molar-refractivity contribution in [1.82, 2.24) is 15.1 Å². The van der Waals surface area contributed by atoms with Gasteiger partial charge in [-0.3, -0.25) is 9.89 Å². The van der Waals surface area contributed by atoms with Crippen molar-refractivity contribution >= 4 is 21.8 Å². The molecule has 21 heavy (non-hydrogen) atoms. The monoisotopic (exact) mass is 348 g/mol. The minimum atomic E-state index is -0.0375. The number of halogens is 1. The molecular weight excluding hydrogens is 332 g/mol. The van der Waals surface area contributed by atoms with Crippen LogP contribution in [0.25, 0.3) is 11.3 Å². The zero-order valence-corrected chi connectivity index (χ0v) is 13.1. The van der Waals surface area contributed by atoms with Crippen LogP contribution in [0.1, 0.15) is 23.3 Å². The molecule has 0 aliphatic carbocycles. The molecule has 0 radical (unpaired) electrons. The Bertz CT molecular complexity index is 640. The number of carbonyl (C=O) groups excluding carboxylic acids is 1. The number of benzene rings is 1. The van der Waals surface area contributed by atoms with E-state index in [0.717, 1.165) is 30.6 Å². The Morgan fingerprint density at radius 1 is 1.43 bits per heavy atom. The molecule has 1 aromatic carbocycles. The average Bonchev–Trinajstić information content (AvgIpc) is 3.13. The first-order chi connectivity index (χ1) is 10.2. The van der Waals surface area contributed by atoms with Crippen LogP contribution < -0.4 is 5.73 Å². The maximum absolute atomic E-state index is 12.7. The normalized spacial score (nSPS) is 18.2. The molecule has 110 valence electrons. The molecule has 1 aromatic heterocycles. The largest absolute Gasteiger partial charge is 0.333 e. The first-order valence-corrected chi connectivity index (χ1v) is 7.82. The topological polar surface area (TPSA) is 75.0 Å². The Morgan fingerprint density at radius 3 is 2.90 bits per heavy atom. The smallest absolute Gasteiger partial charge is 0.273 e. The van der Waals surface area contributed by atoms with Crippen LogP contribution >= 0.6 is 15.9 Å². The number of amides is 1. The van der Waals surface area contributed by atoms with Crippen LogP contribution in [0.3, 0.4) is 0 Å². The molecule has 6 heteroatoms. The Balaban J connectivity index is 1.90. The Labute approximate surface area is 131 Å². The van der Waals surface area contributed by atoms with Crippen LogP contribution in [0.15, 0.2) is 34.8 Å². The highest BCUT2D eigenvalue weighted by atomic mass is 79.9. The first-order valence-electron chi connectivity index (χ1n) is 7.02. The zero-order chi connectivity index (χ0) is 14.8. The molecule has 0 unspecified atom stereocenters. The number of hydrogen-bond acceptors (Lipinski definition) is 3. The van der Waals surface area contributed by atoms with Crippen molar-refractivity contribution in [2.75, 3.05) is 13.1 Å². The van der Waals surface area contributed by atoms with Gasteiger partial charge in [0.25, 0.3) is 5.91 Å². The summed E-state index contributed by atoms with van der Waals surface area (Å²) < 4.78 is 0.710. The van der Waals surface area contributed by atoms with Crippen molar-refractivity contribution in [2.24, 2.45) is 5.73 Å². The molecule has 1 saturated heterocycles. The van der Waals surface area contributed by atoms with Gasteiger partial charge in [-0.15, -0.1) is 0 Å².